The lowest BCUT2D eigenvalue weighted by Gasteiger charge is -2.29. The molecule has 1 saturated heterocycles. The molecule has 29 heavy (non-hydrogen) atoms. The molecule has 160 valence electrons. The van der Waals surface area contributed by atoms with E-state index in [4.69, 9.17) is 9.47 Å². The average Bonchev–Trinajstić information content (AvgIpc) is 2.68. The van der Waals surface area contributed by atoms with Crippen molar-refractivity contribution in [2.75, 3.05) is 26.8 Å². The zero-order valence-corrected chi connectivity index (χ0v) is 17.0. The van der Waals surface area contributed by atoms with Crippen LogP contribution >= 0.6 is 0 Å². The zero-order valence-electron chi connectivity index (χ0n) is 17.0. The Hall–Kier alpha value is -2.65. The molecular formula is C20H29N3O6. The van der Waals surface area contributed by atoms with Gasteiger partial charge in [0, 0.05) is 19.5 Å². The molecule has 9 heteroatoms. The highest BCUT2D eigenvalue weighted by Gasteiger charge is 2.33. The third kappa shape index (κ3) is 7.03. The standard InChI is InChI=1S/C20H29N3O6/c1-20(2,23-17(24)11-15-12-21-8-9-29-15)19(27)22-16(18(25)26)10-13-4-6-14(28-3)7-5-13/h4-7,15-16,21H,8-12H2,1-3H3,(H,22,27)(H,23,24)(H,25,26)/t15?,16-/m0/s1. The maximum atomic E-state index is 12.6. The zero-order chi connectivity index (χ0) is 21.4. The predicted octanol–water partition coefficient (Wildman–Crippen LogP) is 0.0804. The van der Waals surface area contributed by atoms with Crippen molar-refractivity contribution in [3.63, 3.8) is 0 Å². The van der Waals surface area contributed by atoms with Crippen LogP contribution in [0.1, 0.15) is 25.8 Å². The van der Waals surface area contributed by atoms with Gasteiger partial charge < -0.3 is 30.5 Å². The van der Waals surface area contributed by atoms with Crippen LogP contribution in [0.5, 0.6) is 5.75 Å². The molecule has 1 heterocycles. The topological polar surface area (TPSA) is 126 Å². The van der Waals surface area contributed by atoms with Crippen LogP contribution in [-0.4, -0.2) is 67.4 Å². The number of carboxylic acids is 1. The first-order chi connectivity index (χ1) is 13.7. The van der Waals surface area contributed by atoms with E-state index in [1.807, 2.05) is 0 Å². The van der Waals surface area contributed by atoms with Gasteiger partial charge in [0.2, 0.25) is 11.8 Å². The number of hydrogen-bond donors (Lipinski definition) is 4. The van der Waals surface area contributed by atoms with Gasteiger partial charge in [-0.05, 0) is 31.5 Å². The minimum Gasteiger partial charge on any atom is -0.497 e. The Morgan fingerprint density at radius 2 is 2.00 bits per heavy atom. The molecule has 1 fully saturated rings. The maximum Gasteiger partial charge on any atom is 0.326 e. The van der Waals surface area contributed by atoms with Crippen molar-refractivity contribution >= 4 is 17.8 Å². The van der Waals surface area contributed by atoms with Gasteiger partial charge in [-0.1, -0.05) is 12.1 Å². The molecule has 0 spiro atoms. The normalized spacial score (nSPS) is 17.8. The van der Waals surface area contributed by atoms with E-state index >= 15 is 0 Å². The number of carbonyl (C=O) groups excluding carboxylic acids is 2. The summed E-state index contributed by atoms with van der Waals surface area (Å²) in [6.07, 6.45) is -0.0151. The molecule has 1 aliphatic heterocycles. The molecule has 2 amide bonds. The highest BCUT2D eigenvalue weighted by molar-refractivity contribution is 5.93. The largest absolute Gasteiger partial charge is 0.497 e. The number of methoxy groups -OCH3 is 1. The number of benzene rings is 1. The Bertz CT molecular complexity index is 713. The van der Waals surface area contributed by atoms with E-state index in [1.165, 1.54) is 13.8 Å². The number of amides is 2. The fourth-order valence-corrected chi connectivity index (χ4v) is 2.95. The summed E-state index contributed by atoms with van der Waals surface area (Å²) in [7, 11) is 1.54. The van der Waals surface area contributed by atoms with E-state index in [0.717, 1.165) is 12.1 Å². The first kappa shape index (κ1) is 22.6. The summed E-state index contributed by atoms with van der Waals surface area (Å²) in [4.78, 5) is 36.5. The molecule has 1 aliphatic rings. The van der Waals surface area contributed by atoms with Gasteiger partial charge in [0.25, 0.3) is 0 Å². The minimum atomic E-state index is -1.27. The molecule has 0 radical (unpaired) electrons. The van der Waals surface area contributed by atoms with Crippen LogP contribution in [-0.2, 0) is 25.5 Å². The Morgan fingerprint density at radius 3 is 2.55 bits per heavy atom. The SMILES string of the molecule is COc1ccc(C[C@H](NC(=O)C(C)(C)NC(=O)CC2CNCCO2)C(=O)O)cc1. The lowest BCUT2D eigenvalue weighted by molar-refractivity contribution is -0.143. The van der Waals surface area contributed by atoms with Crippen molar-refractivity contribution in [3.05, 3.63) is 29.8 Å². The molecule has 0 bridgehead atoms. The van der Waals surface area contributed by atoms with Crippen molar-refractivity contribution in [2.24, 2.45) is 0 Å². The average molecular weight is 407 g/mol. The summed E-state index contributed by atoms with van der Waals surface area (Å²) in [5, 5.41) is 17.8. The van der Waals surface area contributed by atoms with E-state index in [0.29, 0.717) is 18.9 Å². The highest BCUT2D eigenvalue weighted by atomic mass is 16.5. The number of rotatable bonds is 9. The smallest absolute Gasteiger partial charge is 0.326 e. The van der Waals surface area contributed by atoms with Crippen molar-refractivity contribution in [2.45, 2.75) is 44.4 Å². The van der Waals surface area contributed by atoms with Crippen molar-refractivity contribution in [1.82, 2.24) is 16.0 Å². The van der Waals surface area contributed by atoms with Crippen LogP contribution in [0.3, 0.4) is 0 Å². The summed E-state index contributed by atoms with van der Waals surface area (Å²) in [5.74, 6) is -1.40. The van der Waals surface area contributed by atoms with Crippen LogP contribution in [0.2, 0.25) is 0 Å². The Morgan fingerprint density at radius 1 is 1.31 bits per heavy atom. The summed E-state index contributed by atoms with van der Waals surface area (Å²) in [6, 6.07) is 5.81. The Balaban J connectivity index is 1.93. The van der Waals surface area contributed by atoms with Gasteiger partial charge in [-0.15, -0.1) is 0 Å². The molecule has 1 unspecified atom stereocenters. The van der Waals surface area contributed by atoms with Gasteiger partial charge in [-0.2, -0.15) is 0 Å². The van der Waals surface area contributed by atoms with Gasteiger partial charge in [0.15, 0.2) is 0 Å². The maximum absolute atomic E-state index is 12.6. The van der Waals surface area contributed by atoms with Gasteiger partial charge in [-0.3, -0.25) is 9.59 Å². The molecule has 2 atom stereocenters. The summed E-state index contributed by atoms with van der Waals surface area (Å²) in [6.45, 7) is 4.92. The molecule has 0 saturated carbocycles. The lowest BCUT2D eigenvalue weighted by Crippen LogP contribution is -2.58. The van der Waals surface area contributed by atoms with E-state index in [2.05, 4.69) is 16.0 Å². The summed E-state index contributed by atoms with van der Waals surface area (Å²) in [5.41, 5.74) is -0.533. The van der Waals surface area contributed by atoms with E-state index < -0.39 is 23.5 Å². The number of hydrogen-bond acceptors (Lipinski definition) is 6. The minimum absolute atomic E-state index is 0.108. The monoisotopic (exact) mass is 407 g/mol. The van der Waals surface area contributed by atoms with Crippen molar-refractivity contribution < 1.29 is 29.0 Å². The van der Waals surface area contributed by atoms with E-state index in [1.54, 1.807) is 31.4 Å². The second-order valence-electron chi connectivity index (χ2n) is 7.49. The van der Waals surface area contributed by atoms with Gasteiger partial charge in [-0.25, -0.2) is 4.79 Å². The molecule has 9 nitrogen and oxygen atoms in total. The quantitative estimate of drug-likeness (QED) is 0.457. The number of nitrogens with one attached hydrogen (secondary N) is 3. The van der Waals surface area contributed by atoms with Crippen LogP contribution in [0.15, 0.2) is 24.3 Å². The number of ether oxygens (including phenoxy) is 2. The summed E-state index contributed by atoms with van der Waals surface area (Å²) >= 11 is 0. The van der Waals surface area contributed by atoms with Gasteiger partial charge in [0.1, 0.15) is 17.3 Å². The molecular weight excluding hydrogens is 378 g/mol. The van der Waals surface area contributed by atoms with Crippen molar-refractivity contribution in [1.29, 1.82) is 0 Å². The molecule has 0 aliphatic carbocycles. The molecule has 0 aromatic heterocycles. The number of carbonyl (C=O) groups is 3. The van der Waals surface area contributed by atoms with Gasteiger partial charge >= 0.3 is 5.97 Å². The molecule has 2 rings (SSSR count). The second kappa shape index (κ2) is 10.2. The predicted molar refractivity (Wildman–Crippen MR) is 106 cm³/mol. The van der Waals surface area contributed by atoms with Crippen LogP contribution in [0.4, 0.5) is 0 Å². The van der Waals surface area contributed by atoms with Crippen LogP contribution in [0, 0.1) is 0 Å². The summed E-state index contributed by atoms with van der Waals surface area (Å²) < 4.78 is 10.6. The van der Waals surface area contributed by atoms with Crippen LogP contribution < -0.4 is 20.7 Å². The number of aliphatic carboxylic acids is 1. The number of morpholine rings is 1. The van der Waals surface area contributed by atoms with Crippen LogP contribution in [0.25, 0.3) is 0 Å². The van der Waals surface area contributed by atoms with E-state index in [9.17, 15) is 19.5 Å². The van der Waals surface area contributed by atoms with Gasteiger partial charge in [0.05, 0.1) is 26.2 Å². The molecule has 1 aromatic carbocycles. The molecule has 4 N–H and O–H groups in total. The third-order valence-electron chi connectivity index (χ3n) is 4.64. The fraction of sp³-hybridized carbons (Fsp3) is 0.550. The first-order valence-electron chi connectivity index (χ1n) is 9.51. The Kier molecular flexibility index (Phi) is 7.98. The number of carboxylic acid groups (broad SMARTS) is 1. The first-order valence-corrected chi connectivity index (χ1v) is 9.51. The lowest BCUT2D eigenvalue weighted by atomic mass is 10.0. The van der Waals surface area contributed by atoms with E-state index in [-0.39, 0.29) is 24.9 Å². The second-order valence-corrected chi connectivity index (χ2v) is 7.49. The van der Waals surface area contributed by atoms with Crippen molar-refractivity contribution in [3.8, 4) is 5.75 Å². The highest BCUT2D eigenvalue weighted by Crippen LogP contribution is 2.14. The fourth-order valence-electron chi connectivity index (χ4n) is 2.95. The molecule has 1 aromatic rings. The Labute approximate surface area is 170 Å². The third-order valence-corrected chi connectivity index (χ3v) is 4.64.